The van der Waals surface area contributed by atoms with E-state index in [1.807, 2.05) is 0 Å². The third kappa shape index (κ3) is 4.56. The molecule has 0 bridgehead atoms. The van der Waals surface area contributed by atoms with Crippen LogP contribution in [0.1, 0.15) is 42.4 Å². The third-order valence-corrected chi connectivity index (χ3v) is 5.01. The fraction of sp³-hybridized carbons (Fsp3) is 0.0833. The second-order valence-electron chi connectivity index (χ2n) is 7.24. The normalized spacial score (nSPS) is 10.6. The van der Waals surface area contributed by atoms with Crippen molar-refractivity contribution < 1.29 is 33.0 Å². The molecule has 2 aromatic heterocycles. The largest absolute Gasteiger partial charge is 0.505 e. The van der Waals surface area contributed by atoms with Gasteiger partial charge in [-0.1, -0.05) is 12.1 Å². The van der Waals surface area contributed by atoms with Crippen LogP contribution in [-0.4, -0.2) is 35.0 Å². The maximum absolute atomic E-state index is 13.2. The molecule has 4 rings (SSSR count). The number of nitrogens with zero attached hydrogens (tertiary/aromatic N) is 1. The van der Waals surface area contributed by atoms with Crippen LogP contribution in [0.5, 0.6) is 5.75 Å². The molecular weight excluding hydrogens is 445 g/mol. The number of esters is 1. The first-order valence-electron chi connectivity index (χ1n) is 9.99. The summed E-state index contributed by atoms with van der Waals surface area (Å²) in [5.41, 5.74) is 5.63. The molecule has 0 fully saturated rings. The van der Waals surface area contributed by atoms with Gasteiger partial charge < -0.3 is 14.3 Å². The minimum absolute atomic E-state index is 0.00623. The Balaban J connectivity index is 1.72. The lowest BCUT2D eigenvalue weighted by Gasteiger charge is -2.13. The summed E-state index contributed by atoms with van der Waals surface area (Å²) in [6, 6.07) is 11.6. The Morgan fingerprint density at radius 1 is 1.03 bits per heavy atom. The van der Waals surface area contributed by atoms with Crippen molar-refractivity contribution in [1.29, 1.82) is 0 Å². The second kappa shape index (κ2) is 9.41. The Kier molecular flexibility index (Phi) is 6.22. The minimum Gasteiger partial charge on any atom is -0.505 e. The highest BCUT2D eigenvalue weighted by Gasteiger charge is 2.23. The maximum Gasteiger partial charge on any atom is 0.341 e. The molecule has 0 atom stereocenters. The summed E-state index contributed by atoms with van der Waals surface area (Å²) in [6.45, 7) is 0. The lowest BCUT2D eigenvalue weighted by Crippen LogP contribution is -2.41. The number of fused-ring (bicyclic) bond motifs is 1. The average Bonchev–Trinajstić information content (AvgIpc) is 3.39. The molecule has 0 aliphatic carbocycles. The molecular formula is C24H18FN3O6. The van der Waals surface area contributed by atoms with Crippen molar-refractivity contribution in [2.75, 3.05) is 7.11 Å². The Morgan fingerprint density at radius 3 is 2.44 bits per heavy atom. The standard InChI is InChI=1S/C24H18FN3O6/c1-33-24(32)18-11-17(22(30)27-28-23(31)19-3-2-8-34-19)16-10-14(12-26-20(16)21(18)29)9-13-4-6-15(25)7-5-13/h2-8,10-12,29H,9H2,1H3,(H,27,30)(H,28,31). The number of carbonyl (C=O) groups is 3. The van der Waals surface area contributed by atoms with Crippen molar-refractivity contribution >= 4 is 28.7 Å². The molecule has 0 aliphatic heterocycles. The Morgan fingerprint density at radius 2 is 1.76 bits per heavy atom. The highest BCUT2D eigenvalue weighted by atomic mass is 19.1. The van der Waals surface area contributed by atoms with E-state index in [9.17, 15) is 23.9 Å². The SMILES string of the molecule is COC(=O)c1cc(C(=O)NNC(=O)c2ccco2)c2cc(Cc3ccc(F)cc3)cnc2c1O. The number of carbonyl (C=O) groups excluding carboxylic acids is 3. The number of amides is 2. The lowest BCUT2D eigenvalue weighted by atomic mass is 9.99. The summed E-state index contributed by atoms with van der Waals surface area (Å²) < 4.78 is 22.9. The van der Waals surface area contributed by atoms with E-state index in [4.69, 9.17) is 4.42 Å². The molecule has 34 heavy (non-hydrogen) atoms. The number of benzene rings is 2. The molecule has 0 unspecified atom stereocenters. The van der Waals surface area contributed by atoms with Crippen LogP contribution in [-0.2, 0) is 11.2 Å². The third-order valence-electron chi connectivity index (χ3n) is 5.01. The fourth-order valence-electron chi connectivity index (χ4n) is 3.36. The van der Waals surface area contributed by atoms with E-state index >= 15 is 0 Å². The fourth-order valence-corrected chi connectivity index (χ4v) is 3.36. The second-order valence-corrected chi connectivity index (χ2v) is 7.24. The van der Waals surface area contributed by atoms with Crippen molar-refractivity contribution in [3.8, 4) is 5.75 Å². The summed E-state index contributed by atoms with van der Waals surface area (Å²) >= 11 is 0. The zero-order chi connectivity index (χ0) is 24.2. The van der Waals surface area contributed by atoms with Crippen LogP contribution in [0, 0.1) is 5.82 Å². The predicted molar refractivity (Wildman–Crippen MR) is 118 cm³/mol. The zero-order valence-corrected chi connectivity index (χ0v) is 17.8. The van der Waals surface area contributed by atoms with E-state index in [2.05, 4.69) is 20.6 Å². The van der Waals surface area contributed by atoms with E-state index in [1.54, 1.807) is 18.2 Å². The minimum atomic E-state index is -0.870. The van der Waals surface area contributed by atoms with Crippen LogP contribution >= 0.6 is 0 Å². The van der Waals surface area contributed by atoms with Crippen molar-refractivity contribution in [1.82, 2.24) is 15.8 Å². The van der Waals surface area contributed by atoms with E-state index in [1.165, 1.54) is 36.7 Å². The number of ether oxygens (including phenoxy) is 1. The van der Waals surface area contributed by atoms with Crippen molar-refractivity contribution in [2.24, 2.45) is 0 Å². The quantitative estimate of drug-likeness (QED) is 0.306. The lowest BCUT2D eigenvalue weighted by molar-refractivity contribution is 0.0597. The van der Waals surface area contributed by atoms with E-state index in [0.29, 0.717) is 12.0 Å². The number of hydrogen-bond acceptors (Lipinski definition) is 7. The van der Waals surface area contributed by atoms with Gasteiger partial charge in [0.2, 0.25) is 0 Å². The van der Waals surface area contributed by atoms with E-state index in [-0.39, 0.29) is 33.6 Å². The highest BCUT2D eigenvalue weighted by Crippen LogP contribution is 2.32. The molecule has 10 heteroatoms. The molecule has 4 aromatic rings. The number of halogens is 1. The number of nitrogens with one attached hydrogen (secondary N) is 2. The summed E-state index contributed by atoms with van der Waals surface area (Å²) in [5.74, 6) is -3.16. The van der Waals surface area contributed by atoms with Gasteiger partial charge in [-0.2, -0.15) is 0 Å². The van der Waals surface area contributed by atoms with Crippen LogP contribution < -0.4 is 10.9 Å². The molecule has 0 saturated carbocycles. The van der Waals surface area contributed by atoms with Gasteiger partial charge in [0.25, 0.3) is 5.91 Å². The number of pyridine rings is 1. The monoisotopic (exact) mass is 463 g/mol. The van der Waals surface area contributed by atoms with Crippen LogP contribution in [0.15, 0.2) is 65.4 Å². The van der Waals surface area contributed by atoms with Gasteiger partial charge in [-0.25, -0.2) is 9.18 Å². The topological polar surface area (TPSA) is 131 Å². The molecule has 0 radical (unpaired) electrons. The molecule has 0 spiro atoms. The first kappa shape index (κ1) is 22.5. The van der Waals surface area contributed by atoms with Gasteiger partial charge in [-0.15, -0.1) is 0 Å². The smallest absolute Gasteiger partial charge is 0.341 e. The first-order valence-corrected chi connectivity index (χ1v) is 9.99. The van der Waals surface area contributed by atoms with Crippen molar-refractivity contribution in [3.63, 3.8) is 0 Å². The summed E-state index contributed by atoms with van der Waals surface area (Å²) in [7, 11) is 1.13. The number of hydrogen-bond donors (Lipinski definition) is 3. The molecule has 0 saturated heterocycles. The molecule has 0 aliphatic rings. The summed E-state index contributed by atoms with van der Waals surface area (Å²) in [6.07, 6.45) is 3.16. The van der Waals surface area contributed by atoms with Crippen molar-refractivity contribution in [2.45, 2.75) is 6.42 Å². The molecule has 9 nitrogen and oxygen atoms in total. The molecule has 2 amide bonds. The molecule has 2 aromatic carbocycles. The molecule has 172 valence electrons. The van der Waals surface area contributed by atoms with Crippen LogP contribution in [0.25, 0.3) is 10.9 Å². The van der Waals surface area contributed by atoms with Gasteiger partial charge in [0, 0.05) is 11.6 Å². The number of aromatic nitrogens is 1. The van der Waals surface area contributed by atoms with Crippen LogP contribution in [0.2, 0.25) is 0 Å². The van der Waals surface area contributed by atoms with Crippen LogP contribution in [0.3, 0.4) is 0 Å². The van der Waals surface area contributed by atoms with Crippen molar-refractivity contribution in [3.05, 3.63) is 94.8 Å². The van der Waals surface area contributed by atoms with Gasteiger partial charge in [0.1, 0.15) is 16.9 Å². The number of rotatable bonds is 5. The Hall–Kier alpha value is -4.73. The van der Waals surface area contributed by atoms with Gasteiger partial charge in [0.15, 0.2) is 11.5 Å². The highest BCUT2D eigenvalue weighted by molar-refractivity contribution is 6.12. The van der Waals surface area contributed by atoms with Crippen LogP contribution in [0.4, 0.5) is 4.39 Å². The van der Waals surface area contributed by atoms with Gasteiger partial charge >= 0.3 is 11.9 Å². The average molecular weight is 463 g/mol. The van der Waals surface area contributed by atoms with E-state index < -0.39 is 23.5 Å². The first-order chi connectivity index (χ1) is 16.4. The zero-order valence-electron chi connectivity index (χ0n) is 17.8. The number of phenols is 1. The summed E-state index contributed by atoms with van der Waals surface area (Å²) in [4.78, 5) is 41.4. The number of phenolic OH excluding ortho intramolecular Hbond substituents is 1. The maximum atomic E-state index is 13.2. The predicted octanol–water partition coefficient (Wildman–Crippen LogP) is 3.12. The number of methoxy groups -OCH3 is 1. The van der Waals surface area contributed by atoms with Gasteiger partial charge in [0.05, 0.1) is 18.9 Å². The van der Waals surface area contributed by atoms with Gasteiger partial charge in [-0.05, 0) is 53.9 Å². The number of furan rings is 1. The van der Waals surface area contributed by atoms with E-state index in [0.717, 1.165) is 18.7 Å². The Bertz CT molecular complexity index is 1380. The number of hydrazine groups is 1. The summed E-state index contributed by atoms with van der Waals surface area (Å²) in [5, 5.41) is 10.8. The molecule has 2 heterocycles. The van der Waals surface area contributed by atoms with Gasteiger partial charge in [-0.3, -0.25) is 25.4 Å². The number of aromatic hydroxyl groups is 1. The molecule has 3 N–H and O–H groups in total. The Labute approximate surface area is 192 Å².